The Hall–Kier alpha value is -2.52. The van der Waals surface area contributed by atoms with Gasteiger partial charge in [0.25, 0.3) is 11.6 Å². The largest absolute Gasteiger partial charge is 0.336 e. The molecule has 0 radical (unpaired) electrons. The summed E-state index contributed by atoms with van der Waals surface area (Å²) < 4.78 is 1.37. The normalized spacial score (nSPS) is 17.0. The Morgan fingerprint density at radius 3 is 2.96 bits per heavy atom. The van der Waals surface area contributed by atoms with E-state index in [1.807, 2.05) is 7.05 Å². The predicted molar refractivity (Wildman–Crippen MR) is 93.2 cm³/mol. The SMILES string of the molecule is CNC1CCCN(C(=O)c2cn(-c3cccc([N+](=O)[O-])c3)nn2)C1.Cl. The van der Waals surface area contributed by atoms with Gasteiger partial charge < -0.3 is 10.2 Å². The van der Waals surface area contributed by atoms with Gasteiger partial charge in [-0.05, 0) is 26.0 Å². The number of likely N-dealkylation sites (tertiary alicyclic amines) is 1. The molecule has 134 valence electrons. The van der Waals surface area contributed by atoms with Crippen molar-refractivity contribution in [2.24, 2.45) is 0 Å². The second-order valence-corrected chi connectivity index (χ2v) is 5.70. The number of nitrogens with one attached hydrogen (secondary N) is 1. The Bertz CT molecular complexity index is 765. The van der Waals surface area contributed by atoms with Crippen LogP contribution in [0.2, 0.25) is 0 Å². The fraction of sp³-hybridized carbons (Fsp3) is 0.400. The van der Waals surface area contributed by atoms with Crippen LogP contribution in [0.15, 0.2) is 30.5 Å². The monoisotopic (exact) mass is 366 g/mol. The molecule has 1 aromatic heterocycles. The molecular formula is C15H19ClN6O3. The van der Waals surface area contributed by atoms with E-state index in [1.54, 1.807) is 17.0 Å². The highest BCUT2D eigenvalue weighted by atomic mass is 35.5. The van der Waals surface area contributed by atoms with E-state index in [0.717, 1.165) is 12.8 Å². The summed E-state index contributed by atoms with van der Waals surface area (Å²) >= 11 is 0. The van der Waals surface area contributed by atoms with E-state index < -0.39 is 4.92 Å². The Morgan fingerprint density at radius 2 is 2.24 bits per heavy atom. The van der Waals surface area contributed by atoms with E-state index in [2.05, 4.69) is 15.6 Å². The van der Waals surface area contributed by atoms with Gasteiger partial charge in [0.05, 0.1) is 16.8 Å². The van der Waals surface area contributed by atoms with Crippen LogP contribution in [0.4, 0.5) is 5.69 Å². The van der Waals surface area contributed by atoms with Gasteiger partial charge in [-0.15, -0.1) is 17.5 Å². The third-order valence-corrected chi connectivity index (χ3v) is 4.13. The number of hydrogen-bond donors (Lipinski definition) is 1. The van der Waals surface area contributed by atoms with Crippen molar-refractivity contribution in [3.63, 3.8) is 0 Å². The summed E-state index contributed by atoms with van der Waals surface area (Å²) in [5.74, 6) is -0.174. The lowest BCUT2D eigenvalue weighted by atomic mass is 10.1. The van der Waals surface area contributed by atoms with Crippen molar-refractivity contribution in [2.45, 2.75) is 18.9 Å². The molecule has 1 aromatic carbocycles. The minimum Gasteiger partial charge on any atom is -0.336 e. The zero-order chi connectivity index (χ0) is 17.1. The van der Waals surface area contributed by atoms with Gasteiger partial charge in [-0.25, -0.2) is 4.68 Å². The first-order valence-electron chi connectivity index (χ1n) is 7.72. The summed E-state index contributed by atoms with van der Waals surface area (Å²) in [4.78, 5) is 24.7. The summed E-state index contributed by atoms with van der Waals surface area (Å²) in [5.41, 5.74) is 0.685. The smallest absolute Gasteiger partial charge is 0.276 e. The minimum atomic E-state index is -0.474. The maximum atomic E-state index is 12.6. The fourth-order valence-corrected chi connectivity index (χ4v) is 2.80. The first kappa shape index (κ1) is 18.8. The zero-order valence-corrected chi connectivity index (χ0v) is 14.5. The Labute approximate surface area is 150 Å². The molecule has 1 N–H and O–H groups in total. The van der Waals surface area contributed by atoms with Crippen molar-refractivity contribution in [1.29, 1.82) is 0 Å². The molecular weight excluding hydrogens is 348 g/mol. The van der Waals surface area contributed by atoms with Crippen LogP contribution in [0.5, 0.6) is 0 Å². The number of rotatable bonds is 4. The number of piperidine rings is 1. The molecule has 9 nitrogen and oxygen atoms in total. The Morgan fingerprint density at radius 1 is 1.44 bits per heavy atom. The highest BCUT2D eigenvalue weighted by Crippen LogP contribution is 2.17. The third kappa shape index (κ3) is 4.12. The van der Waals surface area contributed by atoms with Gasteiger partial charge in [0.2, 0.25) is 0 Å². The molecule has 0 saturated carbocycles. The van der Waals surface area contributed by atoms with Crippen molar-refractivity contribution in [3.8, 4) is 5.69 Å². The first-order chi connectivity index (χ1) is 11.6. The summed E-state index contributed by atoms with van der Waals surface area (Å²) in [6.07, 6.45) is 3.49. The lowest BCUT2D eigenvalue weighted by Crippen LogP contribution is -2.47. The van der Waals surface area contributed by atoms with Crippen molar-refractivity contribution < 1.29 is 9.72 Å². The van der Waals surface area contributed by atoms with Gasteiger partial charge in [0.1, 0.15) is 0 Å². The maximum absolute atomic E-state index is 12.6. The van der Waals surface area contributed by atoms with Gasteiger partial charge in [0, 0.05) is 31.3 Å². The zero-order valence-electron chi connectivity index (χ0n) is 13.7. The number of halogens is 1. The van der Waals surface area contributed by atoms with Crippen LogP contribution in [0, 0.1) is 10.1 Å². The van der Waals surface area contributed by atoms with Crippen molar-refractivity contribution in [1.82, 2.24) is 25.2 Å². The van der Waals surface area contributed by atoms with Crippen LogP contribution < -0.4 is 5.32 Å². The molecule has 1 aliphatic rings. The molecule has 2 heterocycles. The second kappa shape index (κ2) is 8.04. The van der Waals surface area contributed by atoms with Crippen molar-refractivity contribution in [3.05, 3.63) is 46.3 Å². The van der Waals surface area contributed by atoms with Crippen LogP contribution in [-0.2, 0) is 0 Å². The molecule has 2 aromatic rings. The molecule has 0 spiro atoms. The Balaban J connectivity index is 0.00000225. The van der Waals surface area contributed by atoms with Crippen molar-refractivity contribution in [2.75, 3.05) is 20.1 Å². The van der Waals surface area contributed by atoms with E-state index >= 15 is 0 Å². The lowest BCUT2D eigenvalue weighted by molar-refractivity contribution is -0.384. The fourth-order valence-electron chi connectivity index (χ4n) is 2.80. The molecule has 10 heteroatoms. The average molecular weight is 367 g/mol. The van der Waals surface area contributed by atoms with Crippen LogP contribution in [0.1, 0.15) is 23.3 Å². The molecule has 25 heavy (non-hydrogen) atoms. The molecule has 0 aliphatic carbocycles. The number of nitrogens with zero attached hydrogens (tertiary/aromatic N) is 5. The number of amides is 1. The molecule has 3 rings (SSSR count). The van der Waals surface area contributed by atoms with E-state index in [9.17, 15) is 14.9 Å². The van der Waals surface area contributed by atoms with Gasteiger partial charge in [-0.3, -0.25) is 14.9 Å². The van der Waals surface area contributed by atoms with E-state index in [0.29, 0.717) is 18.8 Å². The van der Waals surface area contributed by atoms with Crippen LogP contribution in [0.3, 0.4) is 0 Å². The number of nitro groups is 1. The average Bonchev–Trinajstić information content (AvgIpc) is 3.11. The highest BCUT2D eigenvalue weighted by molar-refractivity contribution is 5.92. The number of benzene rings is 1. The summed E-state index contributed by atoms with van der Waals surface area (Å²) in [5, 5.41) is 21.9. The number of carbonyl (C=O) groups excluding carboxylic acids is 1. The van der Waals surface area contributed by atoms with Crippen LogP contribution >= 0.6 is 12.4 Å². The third-order valence-electron chi connectivity index (χ3n) is 4.13. The molecule has 1 saturated heterocycles. The standard InChI is InChI=1S/C15H18N6O3.ClH/c1-16-11-4-3-7-19(9-11)15(22)14-10-20(18-17-14)12-5-2-6-13(8-12)21(23)24;/h2,5-6,8,10-11,16H,3-4,7,9H2,1H3;1H. The quantitative estimate of drug-likeness (QED) is 0.648. The summed E-state index contributed by atoms with van der Waals surface area (Å²) in [7, 11) is 1.89. The van der Waals surface area contributed by atoms with Crippen LogP contribution in [-0.4, -0.2) is 56.9 Å². The topological polar surface area (TPSA) is 106 Å². The summed E-state index contributed by atoms with van der Waals surface area (Å²) in [6.45, 7) is 1.33. The number of likely N-dealkylation sites (N-methyl/N-ethyl adjacent to an activating group) is 1. The number of non-ortho nitro benzene ring substituents is 1. The van der Waals surface area contributed by atoms with Gasteiger partial charge in [0.15, 0.2) is 5.69 Å². The number of aromatic nitrogens is 3. The van der Waals surface area contributed by atoms with Crippen LogP contribution in [0.25, 0.3) is 5.69 Å². The molecule has 1 aliphatic heterocycles. The number of hydrogen-bond acceptors (Lipinski definition) is 6. The minimum absolute atomic E-state index is 0. The maximum Gasteiger partial charge on any atom is 0.276 e. The van der Waals surface area contributed by atoms with Gasteiger partial charge >= 0.3 is 0 Å². The molecule has 1 atom stereocenters. The Kier molecular flexibility index (Phi) is 6.05. The number of nitro benzene ring substituents is 1. The summed E-state index contributed by atoms with van der Waals surface area (Å²) in [6, 6.07) is 6.32. The molecule has 1 fully saturated rings. The van der Waals surface area contributed by atoms with Gasteiger partial charge in [-0.2, -0.15) is 0 Å². The van der Waals surface area contributed by atoms with Gasteiger partial charge in [-0.1, -0.05) is 11.3 Å². The first-order valence-corrected chi connectivity index (χ1v) is 7.72. The molecule has 0 bridgehead atoms. The second-order valence-electron chi connectivity index (χ2n) is 5.70. The van der Waals surface area contributed by atoms with E-state index in [4.69, 9.17) is 0 Å². The lowest BCUT2D eigenvalue weighted by Gasteiger charge is -2.31. The predicted octanol–water partition coefficient (Wildman–Crippen LogP) is 1.42. The molecule has 1 amide bonds. The van der Waals surface area contributed by atoms with Crippen molar-refractivity contribution >= 4 is 24.0 Å². The van der Waals surface area contributed by atoms with E-state index in [1.165, 1.54) is 23.0 Å². The highest BCUT2D eigenvalue weighted by Gasteiger charge is 2.25. The molecule has 1 unspecified atom stereocenters. The van der Waals surface area contributed by atoms with E-state index in [-0.39, 0.29) is 35.7 Å². The number of carbonyl (C=O) groups is 1.